The first-order valence-corrected chi connectivity index (χ1v) is 5.11. The van der Waals surface area contributed by atoms with Crippen LogP contribution in [0.3, 0.4) is 0 Å². The van der Waals surface area contributed by atoms with Crippen LogP contribution in [0.1, 0.15) is 24.2 Å². The summed E-state index contributed by atoms with van der Waals surface area (Å²) in [5, 5.41) is 0. The maximum atomic E-state index is 10.6. The van der Waals surface area contributed by atoms with E-state index in [9.17, 15) is 4.79 Å². The number of hydrogen-bond donors (Lipinski definition) is 0. The minimum absolute atomic E-state index is 0.331. The van der Waals surface area contributed by atoms with E-state index in [-0.39, 0.29) is 0 Å². The predicted molar refractivity (Wildman–Crippen MR) is 57.6 cm³/mol. The Hall–Kier alpha value is -1.58. The van der Waals surface area contributed by atoms with E-state index >= 15 is 0 Å². The molecule has 1 aliphatic heterocycles. The zero-order valence-electron chi connectivity index (χ0n) is 8.93. The van der Waals surface area contributed by atoms with Crippen LogP contribution in [-0.2, 0) is 0 Å². The summed E-state index contributed by atoms with van der Waals surface area (Å²) in [5.74, 6) is 1.54. The summed E-state index contributed by atoms with van der Waals surface area (Å²) in [6.07, 6.45) is 2.36. The molecule has 1 aromatic rings. The number of pyridine rings is 1. The number of fused-ring (bicyclic) bond motifs is 1. The predicted octanol–water partition coefficient (Wildman–Crippen LogP) is 1.50. The summed E-state index contributed by atoms with van der Waals surface area (Å²) >= 11 is 0. The molecule has 0 fully saturated rings. The van der Waals surface area contributed by atoms with Gasteiger partial charge in [0.1, 0.15) is 6.61 Å². The summed E-state index contributed by atoms with van der Waals surface area (Å²) < 4.78 is 5.55. The standard InChI is InChI=1S/C11H14N2O2/c1-3-13-8(2)7-15-10-4-9(6-14)5-12-11(10)13/h4-6,8H,3,7H2,1-2H3/t8-/m1/s1. The largest absolute Gasteiger partial charge is 0.488 e. The SMILES string of the molecule is CCN1c2ncc(C=O)cc2OC[C@H]1C. The van der Waals surface area contributed by atoms with Crippen molar-refractivity contribution < 1.29 is 9.53 Å². The molecular weight excluding hydrogens is 192 g/mol. The number of aldehydes is 1. The number of ether oxygens (including phenoxy) is 1. The van der Waals surface area contributed by atoms with Gasteiger partial charge in [-0.05, 0) is 19.9 Å². The highest BCUT2D eigenvalue weighted by Gasteiger charge is 2.24. The van der Waals surface area contributed by atoms with Crippen molar-refractivity contribution in [3.63, 3.8) is 0 Å². The molecule has 0 aromatic carbocycles. The Kier molecular flexibility index (Phi) is 2.58. The molecule has 0 bridgehead atoms. The maximum absolute atomic E-state index is 10.6. The van der Waals surface area contributed by atoms with Gasteiger partial charge in [0.25, 0.3) is 0 Å². The minimum Gasteiger partial charge on any atom is -0.488 e. The van der Waals surface area contributed by atoms with Gasteiger partial charge in [0.15, 0.2) is 17.9 Å². The average Bonchev–Trinajstić information content (AvgIpc) is 2.28. The molecule has 1 aromatic heterocycles. The van der Waals surface area contributed by atoms with Gasteiger partial charge in [-0.2, -0.15) is 0 Å². The second-order valence-corrected chi connectivity index (χ2v) is 3.65. The first-order valence-electron chi connectivity index (χ1n) is 5.11. The van der Waals surface area contributed by atoms with Gasteiger partial charge in [-0.15, -0.1) is 0 Å². The molecule has 1 aliphatic rings. The number of aromatic nitrogens is 1. The molecule has 4 nitrogen and oxygen atoms in total. The number of carbonyl (C=O) groups excluding carboxylic acids is 1. The van der Waals surface area contributed by atoms with Crippen LogP contribution in [0.25, 0.3) is 0 Å². The van der Waals surface area contributed by atoms with Crippen LogP contribution >= 0.6 is 0 Å². The van der Waals surface area contributed by atoms with Gasteiger partial charge in [0.05, 0.1) is 6.04 Å². The molecule has 4 heteroatoms. The Morgan fingerprint density at radius 1 is 1.73 bits per heavy atom. The van der Waals surface area contributed by atoms with Gasteiger partial charge in [0.2, 0.25) is 0 Å². The van der Waals surface area contributed by atoms with E-state index in [1.807, 2.05) is 0 Å². The molecule has 0 amide bonds. The fourth-order valence-corrected chi connectivity index (χ4v) is 1.81. The van der Waals surface area contributed by atoms with Crippen LogP contribution in [0, 0.1) is 0 Å². The van der Waals surface area contributed by atoms with Crippen LogP contribution in [0.15, 0.2) is 12.3 Å². The van der Waals surface area contributed by atoms with Crippen molar-refractivity contribution in [3.8, 4) is 5.75 Å². The number of carbonyl (C=O) groups is 1. The van der Waals surface area contributed by atoms with Crippen molar-refractivity contribution >= 4 is 12.1 Å². The quantitative estimate of drug-likeness (QED) is 0.688. The van der Waals surface area contributed by atoms with Crippen molar-refractivity contribution in [3.05, 3.63) is 17.8 Å². The average molecular weight is 206 g/mol. The molecule has 15 heavy (non-hydrogen) atoms. The molecule has 80 valence electrons. The van der Waals surface area contributed by atoms with Gasteiger partial charge in [-0.25, -0.2) is 4.98 Å². The van der Waals surface area contributed by atoms with Crippen molar-refractivity contribution in [2.45, 2.75) is 19.9 Å². The zero-order chi connectivity index (χ0) is 10.8. The van der Waals surface area contributed by atoms with Gasteiger partial charge in [0, 0.05) is 18.3 Å². The Labute approximate surface area is 88.9 Å². The Morgan fingerprint density at radius 3 is 3.20 bits per heavy atom. The van der Waals surface area contributed by atoms with Crippen molar-refractivity contribution in [1.29, 1.82) is 0 Å². The molecular formula is C11H14N2O2. The summed E-state index contributed by atoms with van der Waals surface area (Å²) in [6, 6.07) is 2.07. The second-order valence-electron chi connectivity index (χ2n) is 3.65. The smallest absolute Gasteiger partial charge is 0.171 e. The number of likely N-dealkylation sites (N-methyl/N-ethyl adjacent to an activating group) is 1. The molecule has 0 N–H and O–H groups in total. The maximum Gasteiger partial charge on any atom is 0.171 e. The van der Waals surface area contributed by atoms with E-state index in [4.69, 9.17) is 4.74 Å². The molecule has 0 radical (unpaired) electrons. The third-order valence-corrected chi connectivity index (χ3v) is 2.61. The lowest BCUT2D eigenvalue weighted by atomic mass is 10.2. The van der Waals surface area contributed by atoms with E-state index < -0.39 is 0 Å². The molecule has 0 spiro atoms. The first kappa shape index (κ1) is 9.96. The third-order valence-electron chi connectivity index (χ3n) is 2.61. The fourth-order valence-electron chi connectivity index (χ4n) is 1.81. The number of nitrogens with zero attached hydrogens (tertiary/aromatic N) is 2. The zero-order valence-corrected chi connectivity index (χ0v) is 8.93. The van der Waals surface area contributed by atoms with Gasteiger partial charge in [-0.1, -0.05) is 0 Å². The molecule has 0 unspecified atom stereocenters. The topological polar surface area (TPSA) is 42.4 Å². The lowest BCUT2D eigenvalue weighted by Gasteiger charge is -2.34. The van der Waals surface area contributed by atoms with E-state index in [1.54, 1.807) is 12.3 Å². The van der Waals surface area contributed by atoms with Gasteiger partial charge >= 0.3 is 0 Å². The molecule has 0 saturated carbocycles. The number of anilines is 1. The highest BCUT2D eigenvalue weighted by atomic mass is 16.5. The minimum atomic E-state index is 0.331. The monoisotopic (exact) mass is 206 g/mol. The highest BCUT2D eigenvalue weighted by Crippen LogP contribution is 2.31. The highest BCUT2D eigenvalue weighted by molar-refractivity contribution is 5.76. The van der Waals surface area contributed by atoms with Crippen molar-refractivity contribution in [1.82, 2.24) is 4.98 Å². The Balaban J connectivity index is 2.42. The van der Waals surface area contributed by atoms with Gasteiger partial charge < -0.3 is 9.64 Å². The van der Waals surface area contributed by atoms with Crippen molar-refractivity contribution in [2.24, 2.45) is 0 Å². The van der Waals surface area contributed by atoms with Gasteiger partial charge in [-0.3, -0.25) is 4.79 Å². The summed E-state index contributed by atoms with van der Waals surface area (Å²) in [6.45, 7) is 5.72. The van der Waals surface area contributed by atoms with E-state index in [0.29, 0.717) is 24.0 Å². The molecule has 2 rings (SSSR count). The first-order chi connectivity index (χ1) is 7.26. The molecule has 1 atom stereocenters. The third kappa shape index (κ3) is 1.67. The summed E-state index contributed by atoms with van der Waals surface area (Å²) in [4.78, 5) is 17.0. The number of rotatable bonds is 2. The van der Waals surface area contributed by atoms with Crippen LogP contribution in [-0.4, -0.2) is 30.5 Å². The van der Waals surface area contributed by atoms with Crippen LogP contribution in [0.5, 0.6) is 5.75 Å². The molecule has 0 aliphatic carbocycles. The van der Waals surface area contributed by atoms with E-state index in [2.05, 4.69) is 23.7 Å². The Bertz CT molecular complexity index is 379. The lowest BCUT2D eigenvalue weighted by Crippen LogP contribution is -2.41. The normalized spacial score (nSPS) is 19.3. The Morgan fingerprint density at radius 2 is 2.53 bits per heavy atom. The summed E-state index contributed by atoms with van der Waals surface area (Å²) in [5.41, 5.74) is 0.555. The fraction of sp³-hybridized carbons (Fsp3) is 0.455. The lowest BCUT2D eigenvalue weighted by molar-refractivity contribution is 0.112. The van der Waals surface area contributed by atoms with Crippen LogP contribution in [0.4, 0.5) is 5.82 Å². The van der Waals surface area contributed by atoms with Crippen LogP contribution in [0.2, 0.25) is 0 Å². The van der Waals surface area contributed by atoms with Crippen LogP contribution < -0.4 is 9.64 Å². The van der Waals surface area contributed by atoms with E-state index in [0.717, 1.165) is 18.6 Å². The van der Waals surface area contributed by atoms with Crippen molar-refractivity contribution in [2.75, 3.05) is 18.1 Å². The molecule has 2 heterocycles. The van der Waals surface area contributed by atoms with E-state index in [1.165, 1.54) is 0 Å². The summed E-state index contributed by atoms with van der Waals surface area (Å²) in [7, 11) is 0. The second kappa shape index (κ2) is 3.88. The number of hydrogen-bond acceptors (Lipinski definition) is 4. The molecule has 0 saturated heterocycles.